The first-order valence-corrected chi connectivity index (χ1v) is 19.8. The van der Waals surface area contributed by atoms with Gasteiger partial charge in [-0.25, -0.2) is 4.98 Å². The number of rotatable bonds is 5. The molecular formula is C40H43IrN3OSi-2. The molecule has 1 fully saturated rings. The summed E-state index contributed by atoms with van der Waals surface area (Å²) in [5.74, 6) is 1.19. The van der Waals surface area contributed by atoms with E-state index in [1.54, 1.807) is 0 Å². The molecule has 0 bridgehead atoms. The first kappa shape index (κ1) is 33.9. The molecule has 0 atom stereocenters. The Bertz CT molecular complexity index is 1920. The molecule has 0 amide bonds. The van der Waals surface area contributed by atoms with Crippen molar-refractivity contribution in [2.24, 2.45) is 0 Å². The molecule has 0 saturated heterocycles. The second kappa shape index (κ2) is 14.5. The van der Waals surface area contributed by atoms with Gasteiger partial charge in [0.2, 0.25) is 5.71 Å². The van der Waals surface area contributed by atoms with Gasteiger partial charge in [-0.05, 0) is 66.4 Å². The largest absolute Gasteiger partial charge is 0.486 e. The van der Waals surface area contributed by atoms with Crippen molar-refractivity contribution >= 4 is 35.3 Å². The minimum absolute atomic E-state index is 0. The van der Waals surface area contributed by atoms with Gasteiger partial charge in [-0.1, -0.05) is 87.0 Å². The third kappa shape index (κ3) is 7.41. The molecule has 0 spiro atoms. The van der Waals surface area contributed by atoms with Crippen molar-refractivity contribution in [3.05, 3.63) is 108 Å². The van der Waals surface area contributed by atoms with Crippen molar-refractivity contribution in [2.45, 2.75) is 84.4 Å². The van der Waals surface area contributed by atoms with Crippen molar-refractivity contribution in [2.75, 3.05) is 0 Å². The third-order valence-corrected chi connectivity index (χ3v) is 10.9. The molecule has 1 radical (unpaired) electrons. The Morgan fingerprint density at radius 3 is 2.37 bits per heavy atom. The molecule has 1 aliphatic rings. The molecule has 0 N–H and O–H groups in total. The number of furan rings is 1. The van der Waals surface area contributed by atoms with Crippen molar-refractivity contribution in [3.63, 3.8) is 0 Å². The van der Waals surface area contributed by atoms with E-state index in [1.165, 1.54) is 48.4 Å². The fourth-order valence-electron chi connectivity index (χ4n) is 6.45. The van der Waals surface area contributed by atoms with Crippen LogP contribution in [0.3, 0.4) is 0 Å². The molecule has 0 unspecified atom stereocenters. The van der Waals surface area contributed by atoms with Gasteiger partial charge in [0.05, 0.1) is 13.7 Å². The average molecular weight is 802 g/mol. The Morgan fingerprint density at radius 2 is 1.65 bits per heavy atom. The van der Waals surface area contributed by atoms with Gasteiger partial charge in [-0.3, -0.25) is 0 Å². The van der Waals surface area contributed by atoms with Gasteiger partial charge in [0.15, 0.2) is 0 Å². The molecule has 4 heterocycles. The molecular weight excluding hydrogens is 759 g/mol. The Kier molecular flexibility index (Phi) is 10.7. The Morgan fingerprint density at radius 1 is 0.848 bits per heavy atom. The average Bonchev–Trinajstić information content (AvgIpc) is 3.43. The number of aromatic nitrogens is 3. The summed E-state index contributed by atoms with van der Waals surface area (Å²) in [6.45, 7) is 13.6. The number of benzene rings is 2. The van der Waals surface area contributed by atoms with Gasteiger partial charge in [-0.15, -0.1) is 54.1 Å². The summed E-state index contributed by atoms with van der Waals surface area (Å²) in [5.41, 5.74) is 9.28. The smallest absolute Gasteiger partial charge is 0.216 e. The topological polar surface area (TPSA) is 51.8 Å². The number of aryl methyl sites for hydroxylation is 1. The van der Waals surface area contributed by atoms with E-state index in [1.807, 2.05) is 49.5 Å². The number of pyridine rings is 3. The predicted molar refractivity (Wildman–Crippen MR) is 190 cm³/mol. The van der Waals surface area contributed by atoms with Gasteiger partial charge in [0, 0.05) is 43.6 Å². The van der Waals surface area contributed by atoms with Crippen molar-refractivity contribution in [1.82, 2.24) is 15.0 Å². The zero-order chi connectivity index (χ0) is 31.6. The van der Waals surface area contributed by atoms with Crippen LogP contribution < -0.4 is 5.19 Å². The van der Waals surface area contributed by atoms with Crippen LogP contribution >= 0.6 is 0 Å². The minimum atomic E-state index is -1.34. The fourth-order valence-corrected chi connectivity index (χ4v) is 8.13. The van der Waals surface area contributed by atoms with E-state index in [9.17, 15) is 0 Å². The van der Waals surface area contributed by atoms with E-state index in [0.717, 1.165) is 44.6 Å². The predicted octanol–water partition coefficient (Wildman–Crippen LogP) is 10.4. The van der Waals surface area contributed by atoms with Gasteiger partial charge in [0.1, 0.15) is 0 Å². The second-order valence-corrected chi connectivity index (χ2v) is 18.7. The summed E-state index contributed by atoms with van der Waals surface area (Å²) in [6, 6.07) is 29.4. The van der Waals surface area contributed by atoms with Crippen molar-refractivity contribution in [1.29, 1.82) is 0 Å². The van der Waals surface area contributed by atoms with Crippen LogP contribution in [-0.4, -0.2) is 23.0 Å². The number of fused-ring (bicyclic) bond motifs is 3. The number of hydrogen-bond donors (Lipinski definition) is 0. The summed E-state index contributed by atoms with van der Waals surface area (Å²) in [7, 11) is -1.34. The molecule has 46 heavy (non-hydrogen) atoms. The van der Waals surface area contributed by atoms with Crippen LogP contribution in [0.2, 0.25) is 19.6 Å². The maximum atomic E-state index is 6.12. The normalized spacial score (nSPS) is 13.8. The monoisotopic (exact) mass is 802 g/mol. The van der Waals surface area contributed by atoms with Crippen LogP contribution in [-0.2, 0) is 20.1 Å². The second-order valence-electron chi connectivity index (χ2n) is 13.6. The summed E-state index contributed by atoms with van der Waals surface area (Å²) in [5, 5.41) is 3.59. The maximum absolute atomic E-state index is 6.12. The Balaban J connectivity index is 0.000000187. The van der Waals surface area contributed by atoms with Gasteiger partial charge in [0.25, 0.3) is 0 Å². The number of hydrogen-bond acceptors (Lipinski definition) is 4. The molecule has 4 nitrogen and oxygen atoms in total. The first-order valence-electron chi connectivity index (χ1n) is 16.3. The van der Waals surface area contributed by atoms with Crippen molar-refractivity contribution < 1.29 is 24.5 Å². The zero-order valence-corrected chi connectivity index (χ0v) is 31.2. The van der Waals surface area contributed by atoms with Crippen molar-refractivity contribution in [3.8, 4) is 22.5 Å². The van der Waals surface area contributed by atoms with E-state index in [-0.39, 0.29) is 20.1 Å². The van der Waals surface area contributed by atoms with E-state index in [0.29, 0.717) is 17.5 Å². The van der Waals surface area contributed by atoms with E-state index in [4.69, 9.17) is 4.42 Å². The molecule has 6 heteroatoms. The van der Waals surface area contributed by atoms with Crippen LogP contribution in [0.15, 0.2) is 83.5 Å². The third-order valence-electron chi connectivity index (χ3n) is 8.91. The van der Waals surface area contributed by atoms with E-state index >= 15 is 0 Å². The van der Waals surface area contributed by atoms with Crippen LogP contribution in [0.25, 0.3) is 44.6 Å². The molecule has 2 aromatic carbocycles. The SMILES string of the molecule is CC(C)c1cc(-c2[c-]cccc2)ncc1[Si](C)(C)C.Cc1ccc2c(n1)oc1c(-c3cc(C4CCCCC4)ccn3)[c-]ccc12.[Ir]. The molecule has 0 aliphatic heterocycles. The van der Waals surface area contributed by atoms with Gasteiger partial charge < -0.3 is 14.4 Å². The van der Waals surface area contributed by atoms with Crippen LogP contribution in [0.4, 0.5) is 0 Å². The molecule has 6 aromatic rings. The Labute approximate surface area is 288 Å². The molecule has 7 rings (SSSR count). The maximum Gasteiger partial charge on any atom is 0.216 e. The van der Waals surface area contributed by atoms with Gasteiger partial charge in [-0.2, -0.15) is 0 Å². The standard InChI is InChI=1S/C23H21N2O.C17H22NSi.Ir/c1-15-10-11-19-18-8-5-9-20(22(18)26-23(19)25-15)21-14-17(12-13-24-21)16-6-3-2-4-7-16;1-13(2)15-11-16(14-9-7-6-8-10-14)18-12-17(15)19(3,4)5;/h5,8,10-14,16H,2-4,6-7H2,1H3;6-9,11-13H,1-5H3;/q2*-1;. The van der Waals surface area contributed by atoms with E-state index < -0.39 is 8.07 Å². The first-order chi connectivity index (χ1) is 21.7. The molecule has 239 valence electrons. The summed E-state index contributed by atoms with van der Waals surface area (Å²) in [6.07, 6.45) is 10.6. The summed E-state index contributed by atoms with van der Waals surface area (Å²) < 4.78 is 6.12. The van der Waals surface area contributed by atoms with Crippen LogP contribution in [0.5, 0.6) is 0 Å². The van der Waals surface area contributed by atoms with Gasteiger partial charge >= 0.3 is 0 Å². The molecule has 1 aliphatic carbocycles. The van der Waals surface area contributed by atoms with E-state index in [2.05, 4.69) is 97.1 Å². The quantitative estimate of drug-likeness (QED) is 0.129. The summed E-state index contributed by atoms with van der Waals surface area (Å²) in [4.78, 5) is 13.8. The minimum Gasteiger partial charge on any atom is -0.486 e. The zero-order valence-electron chi connectivity index (χ0n) is 27.8. The van der Waals surface area contributed by atoms with Crippen LogP contribution in [0.1, 0.15) is 74.6 Å². The fraction of sp³-hybridized carbons (Fsp3) is 0.325. The number of nitrogens with zero attached hydrogens (tertiary/aromatic N) is 3. The van der Waals surface area contributed by atoms with Crippen LogP contribution in [0, 0.1) is 19.1 Å². The molecule has 1 saturated carbocycles. The summed E-state index contributed by atoms with van der Waals surface area (Å²) >= 11 is 0. The Hall–Kier alpha value is -3.44. The molecule has 4 aromatic heterocycles.